The van der Waals surface area contributed by atoms with Crippen LogP contribution in [0, 0.1) is 15.5 Å². The molecule has 1 aromatic carbocycles. The molecule has 114 valence electrons. The molecule has 1 aromatic rings. The summed E-state index contributed by atoms with van der Waals surface area (Å²) < 4.78 is 0. The van der Waals surface area contributed by atoms with Gasteiger partial charge in [0.15, 0.2) is 0 Å². The number of benzene rings is 1. The molecule has 1 aliphatic heterocycles. The highest BCUT2D eigenvalue weighted by Gasteiger charge is 2.38. The lowest BCUT2D eigenvalue weighted by atomic mass is 9.89. The van der Waals surface area contributed by atoms with E-state index in [1.807, 2.05) is 13.0 Å². The molecule has 0 spiro atoms. The quantitative estimate of drug-likeness (QED) is 0.630. The van der Waals surface area contributed by atoms with Crippen LogP contribution in [-0.2, 0) is 11.3 Å². The van der Waals surface area contributed by atoms with Crippen molar-refractivity contribution in [2.75, 3.05) is 25.5 Å². The fourth-order valence-corrected chi connectivity index (χ4v) is 2.69. The van der Waals surface area contributed by atoms with Gasteiger partial charge in [0, 0.05) is 26.2 Å². The van der Waals surface area contributed by atoms with E-state index >= 15 is 0 Å². The number of amides is 1. The fourth-order valence-electron chi connectivity index (χ4n) is 2.69. The van der Waals surface area contributed by atoms with E-state index < -0.39 is 10.3 Å². The standard InChI is InChI=1S/C14H20N4O3/c1-14(13(15)19)5-6-17(9-14)8-10-3-4-11(16-2)12(7-10)18(20)21/h3-4,7,16H,5-6,8-9H2,1-2H3,(H2,15,19). The number of carbonyl (C=O) groups is 1. The number of nitrogens with two attached hydrogens (primary N) is 1. The highest BCUT2D eigenvalue weighted by atomic mass is 16.6. The van der Waals surface area contributed by atoms with Gasteiger partial charge in [0.05, 0.1) is 10.3 Å². The fraction of sp³-hybridized carbons (Fsp3) is 0.500. The minimum atomic E-state index is -0.503. The van der Waals surface area contributed by atoms with Crippen molar-refractivity contribution < 1.29 is 9.72 Å². The van der Waals surface area contributed by atoms with Crippen LogP contribution in [0.25, 0.3) is 0 Å². The van der Waals surface area contributed by atoms with Crippen LogP contribution < -0.4 is 11.1 Å². The van der Waals surface area contributed by atoms with Crippen LogP contribution in [0.1, 0.15) is 18.9 Å². The zero-order valence-corrected chi connectivity index (χ0v) is 12.3. The van der Waals surface area contributed by atoms with Crippen LogP contribution in [-0.4, -0.2) is 35.9 Å². The third-order valence-corrected chi connectivity index (χ3v) is 4.08. The molecule has 0 radical (unpaired) electrons. The maximum atomic E-state index is 11.4. The Morgan fingerprint density at radius 3 is 2.81 bits per heavy atom. The van der Waals surface area contributed by atoms with Crippen molar-refractivity contribution in [3.05, 3.63) is 33.9 Å². The minimum absolute atomic E-state index is 0.0619. The summed E-state index contributed by atoms with van der Waals surface area (Å²) in [5, 5.41) is 13.9. The normalized spacial score (nSPS) is 22.2. The average molecular weight is 292 g/mol. The summed E-state index contributed by atoms with van der Waals surface area (Å²) in [6, 6.07) is 5.14. The first-order chi connectivity index (χ1) is 9.85. The molecular weight excluding hydrogens is 272 g/mol. The van der Waals surface area contributed by atoms with Crippen molar-refractivity contribution in [2.45, 2.75) is 19.9 Å². The van der Waals surface area contributed by atoms with Gasteiger partial charge in [-0.2, -0.15) is 0 Å². The number of nitrogens with zero attached hydrogens (tertiary/aromatic N) is 2. The van der Waals surface area contributed by atoms with Gasteiger partial charge in [0.1, 0.15) is 5.69 Å². The number of nitro benzene ring substituents is 1. The van der Waals surface area contributed by atoms with E-state index in [2.05, 4.69) is 10.2 Å². The van der Waals surface area contributed by atoms with Crippen molar-refractivity contribution in [1.82, 2.24) is 4.90 Å². The van der Waals surface area contributed by atoms with Gasteiger partial charge in [-0.15, -0.1) is 0 Å². The molecule has 2 rings (SSSR count). The Morgan fingerprint density at radius 1 is 1.57 bits per heavy atom. The molecule has 1 saturated heterocycles. The number of nitro groups is 1. The Bertz CT molecular complexity index is 575. The van der Waals surface area contributed by atoms with Crippen molar-refractivity contribution in [3.63, 3.8) is 0 Å². The number of carbonyl (C=O) groups excluding carboxylic acids is 1. The average Bonchev–Trinajstić information content (AvgIpc) is 2.81. The van der Waals surface area contributed by atoms with Gasteiger partial charge in [-0.25, -0.2) is 0 Å². The van der Waals surface area contributed by atoms with Gasteiger partial charge in [-0.05, 0) is 31.5 Å². The summed E-state index contributed by atoms with van der Waals surface area (Å²) >= 11 is 0. The monoisotopic (exact) mass is 292 g/mol. The molecule has 7 heteroatoms. The number of anilines is 1. The van der Waals surface area contributed by atoms with E-state index in [9.17, 15) is 14.9 Å². The second kappa shape index (κ2) is 5.69. The van der Waals surface area contributed by atoms with Crippen LogP contribution in [0.3, 0.4) is 0 Å². The molecule has 0 saturated carbocycles. The summed E-state index contributed by atoms with van der Waals surface area (Å²) in [7, 11) is 1.65. The Hall–Kier alpha value is -2.15. The zero-order chi connectivity index (χ0) is 15.6. The molecule has 1 unspecified atom stereocenters. The Kier molecular flexibility index (Phi) is 4.13. The van der Waals surface area contributed by atoms with E-state index in [-0.39, 0.29) is 11.6 Å². The number of hydrogen-bond donors (Lipinski definition) is 2. The first-order valence-corrected chi connectivity index (χ1v) is 6.83. The molecule has 3 N–H and O–H groups in total. The van der Waals surface area contributed by atoms with Crippen LogP contribution in [0.15, 0.2) is 18.2 Å². The largest absolute Gasteiger partial charge is 0.383 e. The first kappa shape index (κ1) is 15.2. The van der Waals surface area contributed by atoms with E-state index in [1.54, 1.807) is 19.2 Å². The lowest BCUT2D eigenvalue weighted by molar-refractivity contribution is -0.384. The number of nitrogens with one attached hydrogen (secondary N) is 1. The molecule has 7 nitrogen and oxygen atoms in total. The van der Waals surface area contributed by atoms with E-state index in [0.29, 0.717) is 18.8 Å². The Labute approximate surface area is 123 Å². The Balaban J connectivity index is 2.13. The molecule has 1 fully saturated rings. The lowest BCUT2D eigenvalue weighted by Gasteiger charge is -2.21. The van der Waals surface area contributed by atoms with Crippen LogP contribution in [0.4, 0.5) is 11.4 Å². The number of primary amides is 1. The molecular formula is C14H20N4O3. The third kappa shape index (κ3) is 3.13. The molecule has 1 atom stereocenters. The Morgan fingerprint density at radius 2 is 2.29 bits per heavy atom. The SMILES string of the molecule is CNc1ccc(CN2CCC(C)(C(N)=O)C2)cc1[N+](=O)[O-]. The predicted molar refractivity (Wildman–Crippen MR) is 79.8 cm³/mol. The molecule has 0 bridgehead atoms. The third-order valence-electron chi connectivity index (χ3n) is 4.08. The van der Waals surface area contributed by atoms with Gasteiger partial charge >= 0.3 is 0 Å². The van der Waals surface area contributed by atoms with Crippen LogP contribution >= 0.6 is 0 Å². The zero-order valence-electron chi connectivity index (χ0n) is 12.3. The van der Waals surface area contributed by atoms with Gasteiger partial charge in [0.25, 0.3) is 5.69 Å². The van der Waals surface area contributed by atoms with Crippen LogP contribution in [0.2, 0.25) is 0 Å². The first-order valence-electron chi connectivity index (χ1n) is 6.83. The minimum Gasteiger partial charge on any atom is -0.383 e. The highest BCUT2D eigenvalue weighted by Crippen LogP contribution is 2.31. The maximum Gasteiger partial charge on any atom is 0.292 e. The van der Waals surface area contributed by atoms with E-state index in [0.717, 1.165) is 18.5 Å². The summed E-state index contributed by atoms with van der Waals surface area (Å²) in [5.41, 5.74) is 6.33. The molecule has 0 aliphatic carbocycles. The summed E-state index contributed by atoms with van der Waals surface area (Å²) in [4.78, 5) is 24.2. The molecule has 1 aliphatic rings. The molecule has 1 amide bonds. The predicted octanol–water partition coefficient (Wildman–Crippen LogP) is 1.33. The smallest absolute Gasteiger partial charge is 0.292 e. The van der Waals surface area contributed by atoms with Gasteiger partial charge < -0.3 is 11.1 Å². The van der Waals surface area contributed by atoms with E-state index in [1.165, 1.54) is 0 Å². The highest BCUT2D eigenvalue weighted by molar-refractivity contribution is 5.81. The summed E-state index contributed by atoms with van der Waals surface area (Å²) in [6.07, 6.45) is 0.721. The molecule has 0 aromatic heterocycles. The second-order valence-electron chi connectivity index (χ2n) is 5.74. The van der Waals surface area contributed by atoms with Crippen LogP contribution in [0.5, 0.6) is 0 Å². The second-order valence-corrected chi connectivity index (χ2v) is 5.74. The number of hydrogen-bond acceptors (Lipinski definition) is 5. The lowest BCUT2D eigenvalue weighted by Crippen LogP contribution is -2.36. The van der Waals surface area contributed by atoms with Gasteiger partial charge in [-0.3, -0.25) is 19.8 Å². The molecule has 1 heterocycles. The van der Waals surface area contributed by atoms with Crippen molar-refractivity contribution in [1.29, 1.82) is 0 Å². The van der Waals surface area contributed by atoms with Gasteiger partial charge in [-0.1, -0.05) is 6.07 Å². The maximum absolute atomic E-state index is 11.4. The topological polar surface area (TPSA) is 102 Å². The summed E-state index contributed by atoms with van der Waals surface area (Å²) in [6.45, 7) is 3.79. The van der Waals surface area contributed by atoms with Crippen molar-refractivity contribution >= 4 is 17.3 Å². The van der Waals surface area contributed by atoms with Crippen molar-refractivity contribution in [2.24, 2.45) is 11.1 Å². The van der Waals surface area contributed by atoms with Crippen molar-refractivity contribution in [3.8, 4) is 0 Å². The van der Waals surface area contributed by atoms with Gasteiger partial charge in [0.2, 0.25) is 5.91 Å². The number of likely N-dealkylation sites (tertiary alicyclic amines) is 1. The molecule has 21 heavy (non-hydrogen) atoms. The number of rotatable bonds is 5. The van der Waals surface area contributed by atoms with E-state index in [4.69, 9.17) is 5.73 Å². The summed E-state index contributed by atoms with van der Waals surface area (Å²) in [5.74, 6) is -0.290.